The van der Waals surface area contributed by atoms with E-state index in [2.05, 4.69) is 29.2 Å². The van der Waals surface area contributed by atoms with Crippen molar-refractivity contribution in [2.45, 2.75) is 32.2 Å². The third-order valence-corrected chi connectivity index (χ3v) is 4.36. The van der Waals surface area contributed by atoms with Crippen LogP contribution in [-0.2, 0) is 4.74 Å². The van der Waals surface area contributed by atoms with Crippen LogP contribution in [0.1, 0.15) is 37.9 Å². The van der Waals surface area contributed by atoms with Crippen LogP contribution in [0.2, 0.25) is 0 Å². The Hall–Kier alpha value is -1.20. The topological polar surface area (TPSA) is 50.3 Å². The highest BCUT2D eigenvalue weighted by atomic mass is 16.5. The van der Waals surface area contributed by atoms with E-state index >= 15 is 0 Å². The van der Waals surface area contributed by atoms with Crippen molar-refractivity contribution in [2.24, 2.45) is 5.41 Å². The molecule has 2 saturated heterocycles. The van der Waals surface area contributed by atoms with Gasteiger partial charge in [0.25, 0.3) is 0 Å². The van der Waals surface area contributed by atoms with Gasteiger partial charge in [0, 0.05) is 12.0 Å². The summed E-state index contributed by atoms with van der Waals surface area (Å²) in [6.07, 6.45) is 7.47. The lowest BCUT2D eigenvalue weighted by Gasteiger charge is -2.38. The molecular weight excluding hydrogens is 252 g/mol. The average Bonchev–Trinajstić information content (AvgIpc) is 2.44. The molecule has 0 aliphatic carbocycles. The summed E-state index contributed by atoms with van der Waals surface area (Å²) in [6, 6.07) is 0.417. The van der Waals surface area contributed by atoms with Gasteiger partial charge in [0.15, 0.2) is 0 Å². The zero-order chi connectivity index (χ0) is 14.0. The first kappa shape index (κ1) is 13.8. The Morgan fingerprint density at radius 2 is 2.25 bits per heavy atom. The van der Waals surface area contributed by atoms with Crippen LogP contribution in [0.5, 0.6) is 0 Å². The van der Waals surface area contributed by atoms with E-state index in [1.54, 1.807) is 0 Å². The third-order valence-electron chi connectivity index (χ3n) is 4.36. The molecule has 5 heteroatoms. The van der Waals surface area contributed by atoms with E-state index in [-0.39, 0.29) is 5.41 Å². The van der Waals surface area contributed by atoms with Crippen LogP contribution in [-0.4, -0.2) is 48.2 Å². The fourth-order valence-corrected chi connectivity index (χ4v) is 2.93. The number of anilines is 1. The molecular formula is C15H24N4O. The fourth-order valence-electron chi connectivity index (χ4n) is 2.93. The van der Waals surface area contributed by atoms with Gasteiger partial charge in [-0.05, 0) is 26.4 Å². The molecule has 110 valence electrons. The van der Waals surface area contributed by atoms with Crippen molar-refractivity contribution in [3.05, 3.63) is 18.1 Å². The van der Waals surface area contributed by atoms with Gasteiger partial charge >= 0.3 is 0 Å². The fraction of sp³-hybridized carbons (Fsp3) is 0.733. The van der Waals surface area contributed by atoms with Crippen molar-refractivity contribution in [2.75, 3.05) is 38.7 Å². The number of likely N-dealkylation sites (tertiary alicyclic amines) is 1. The zero-order valence-corrected chi connectivity index (χ0v) is 12.4. The number of aromatic nitrogens is 2. The molecule has 2 fully saturated rings. The minimum absolute atomic E-state index is 0.249. The van der Waals surface area contributed by atoms with Gasteiger partial charge in [-0.15, -0.1) is 0 Å². The highest BCUT2D eigenvalue weighted by molar-refractivity contribution is 5.33. The molecule has 5 nitrogen and oxygen atoms in total. The molecule has 1 aromatic heterocycles. The van der Waals surface area contributed by atoms with Gasteiger partial charge in [0.05, 0.1) is 37.3 Å². The largest absolute Gasteiger partial charge is 0.380 e. The summed E-state index contributed by atoms with van der Waals surface area (Å²) in [5, 5.41) is 3.41. The Labute approximate surface area is 120 Å². The smallest absolute Gasteiger partial charge is 0.144 e. The second kappa shape index (κ2) is 5.66. The predicted molar refractivity (Wildman–Crippen MR) is 78.7 cm³/mol. The number of piperidine rings is 1. The summed E-state index contributed by atoms with van der Waals surface area (Å²) in [5.74, 6) is 0.884. The lowest BCUT2D eigenvalue weighted by Crippen LogP contribution is -2.45. The molecule has 3 heterocycles. The zero-order valence-electron chi connectivity index (χ0n) is 12.4. The van der Waals surface area contributed by atoms with Crippen molar-refractivity contribution in [1.29, 1.82) is 0 Å². The summed E-state index contributed by atoms with van der Waals surface area (Å²) in [6.45, 7) is 5.94. The van der Waals surface area contributed by atoms with Crippen LogP contribution in [0, 0.1) is 5.41 Å². The second-order valence-electron chi connectivity index (χ2n) is 6.48. The van der Waals surface area contributed by atoms with Gasteiger partial charge in [0.1, 0.15) is 5.82 Å². The first-order valence-electron chi connectivity index (χ1n) is 7.50. The van der Waals surface area contributed by atoms with Gasteiger partial charge in [-0.1, -0.05) is 13.3 Å². The minimum Gasteiger partial charge on any atom is -0.380 e. The number of nitrogens with zero attached hydrogens (tertiary/aromatic N) is 3. The van der Waals surface area contributed by atoms with E-state index in [4.69, 9.17) is 9.72 Å². The Bertz CT molecular complexity index is 461. The maximum atomic E-state index is 5.28. The number of hydrogen-bond acceptors (Lipinski definition) is 5. The predicted octanol–water partition coefficient (Wildman–Crippen LogP) is 2.08. The van der Waals surface area contributed by atoms with Crippen LogP contribution < -0.4 is 5.32 Å². The highest BCUT2D eigenvalue weighted by Gasteiger charge is 2.33. The van der Waals surface area contributed by atoms with Crippen molar-refractivity contribution < 1.29 is 4.74 Å². The lowest BCUT2D eigenvalue weighted by atomic mass is 9.89. The van der Waals surface area contributed by atoms with Crippen LogP contribution >= 0.6 is 0 Å². The standard InChI is InChI=1S/C15H24N4O/c1-15(10-20-11-15)9-17-14-8-16-7-12(18-14)13-5-3-4-6-19(13)2/h7-8,13H,3-6,9-11H2,1-2H3,(H,17,18). The lowest BCUT2D eigenvalue weighted by molar-refractivity contribution is -0.0924. The maximum Gasteiger partial charge on any atom is 0.144 e. The first-order chi connectivity index (χ1) is 9.66. The Morgan fingerprint density at radius 1 is 1.40 bits per heavy atom. The highest BCUT2D eigenvalue weighted by Crippen LogP contribution is 2.29. The molecule has 0 saturated carbocycles. The van der Waals surface area contributed by atoms with Gasteiger partial charge < -0.3 is 10.1 Å². The van der Waals surface area contributed by atoms with E-state index in [0.29, 0.717) is 6.04 Å². The van der Waals surface area contributed by atoms with E-state index in [0.717, 1.165) is 37.8 Å². The molecule has 2 aliphatic rings. The third kappa shape index (κ3) is 2.94. The Morgan fingerprint density at radius 3 is 2.95 bits per heavy atom. The molecule has 0 spiro atoms. The number of hydrogen-bond donors (Lipinski definition) is 1. The molecule has 0 radical (unpaired) electrons. The summed E-state index contributed by atoms with van der Waals surface area (Å²) in [5.41, 5.74) is 1.34. The monoisotopic (exact) mass is 276 g/mol. The van der Waals surface area contributed by atoms with Crippen molar-refractivity contribution in [3.63, 3.8) is 0 Å². The van der Waals surface area contributed by atoms with Gasteiger partial charge in [0.2, 0.25) is 0 Å². The molecule has 1 unspecified atom stereocenters. The summed E-state index contributed by atoms with van der Waals surface area (Å²) < 4.78 is 5.28. The van der Waals surface area contributed by atoms with E-state index in [1.165, 1.54) is 19.3 Å². The Balaban J connectivity index is 1.65. The SMILES string of the molecule is CN1CCCCC1c1cncc(NCC2(C)COC2)n1. The molecule has 0 aromatic carbocycles. The molecule has 3 rings (SSSR count). The number of rotatable bonds is 4. The average molecular weight is 276 g/mol. The molecule has 20 heavy (non-hydrogen) atoms. The van der Waals surface area contributed by atoms with Crippen LogP contribution in [0.15, 0.2) is 12.4 Å². The first-order valence-corrected chi connectivity index (χ1v) is 7.50. The quantitative estimate of drug-likeness (QED) is 0.912. The number of nitrogens with one attached hydrogen (secondary N) is 1. The summed E-state index contributed by atoms with van der Waals surface area (Å²) in [4.78, 5) is 11.5. The minimum atomic E-state index is 0.249. The molecule has 1 N–H and O–H groups in total. The molecule has 0 amide bonds. The van der Waals surface area contributed by atoms with Crippen molar-refractivity contribution >= 4 is 5.82 Å². The molecule has 2 aliphatic heterocycles. The van der Waals surface area contributed by atoms with Crippen LogP contribution in [0.4, 0.5) is 5.82 Å². The van der Waals surface area contributed by atoms with Crippen LogP contribution in [0.3, 0.4) is 0 Å². The van der Waals surface area contributed by atoms with Gasteiger partial charge in [-0.2, -0.15) is 0 Å². The van der Waals surface area contributed by atoms with E-state index in [1.807, 2.05) is 12.4 Å². The molecule has 1 atom stereocenters. The van der Waals surface area contributed by atoms with Gasteiger partial charge in [-0.25, -0.2) is 4.98 Å². The van der Waals surface area contributed by atoms with Crippen molar-refractivity contribution in [1.82, 2.24) is 14.9 Å². The Kier molecular flexibility index (Phi) is 3.89. The van der Waals surface area contributed by atoms with Crippen LogP contribution in [0.25, 0.3) is 0 Å². The van der Waals surface area contributed by atoms with Gasteiger partial charge in [-0.3, -0.25) is 9.88 Å². The second-order valence-corrected chi connectivity index (χ2v) is 6.48. The summed E-state index contributed by atoms with van der Waals surface area (Å²) >= 11 is 0. The maximum absolute atomic E-state index is 5.28. The molecule has 1 aromatic rings. The molecule has 0 bridgehead atoms. The normalized spacial score (nSPS) is 26.0. The number of ether oxygens (including phenoxy) is 1. The summed E-state index contributed by atoms with van der Waals surface area (Å²) in [7, 11) is 2.18. The van der Waals surface area contributed by atoms with E-state index < -0.39 is 0 Å². The van der Waals surface area contributed by atoms with Crippen molar-refractivity contribution in [3.8, 4) is 0 Å². The van der Waals surface area contributed by atoms with E-state index in [9.17, 15) is 0 Å².